The van der Waals surface area contributed by atoms with Crippen molar-refractivity contribution < 1.29 is 9.53 Å². The van der Waals surface area contributed by atoms with Crippen molar-refractivity contribution in [3.8, 4) is 6.07 Å². The molecule has 1 saturated carbocycles. The summed E-state index contributed by atoms with van der Waals surface area (Å²) >= 11 is 0. The molecule has 1 aromatic carbocycles. The Morgan fingerprint density at radius 1 is 1.56 bits per heavy atom. The van der Waals surface area contributed by atoms with Crippen LogP contribution in [0.4, 0.5) is 0 Å². The van der Waals surface area contributed by atoms with E-state index in [9.17, 15) is 4.79 Å². The summed E-state index contributed by atoms with van der Waals surface area (Å²) in [6.45, 7) is 2.08. The van der Waals surface area contributed by atoms with E-state index in [1.807, 2.05) is 30.3 Å². The Bertz CT molecular complexity index is 435. The number of esters is 1. The van der Waals surface area contributed by atoms with Crippen molar-refractivity contribution in [2.45, 2.75) is 19.3 Å². The summed E-state index contributed by atoms with van der Waals surface area (Å²) in [5.41, 5.74) is 0.106. The predicted molar refractivity (Wildman–Crippen MR) is 58.5 cm³/mol. The van der Waals surface area contributed by atoms with Gasteiger partial charge in [-0.15, -0.1) is 0 Å². The number of benzene rings is 1. The topological polar surface area (TPSA) is 50.1 Å². The molecule has 0 bridgehead atoms. The van der Waals surface area contributed by atoms with Crippen molar-refractivity contribution in [3.05, 3.63) is 35.9 Å². The Balaban J connectivity index is 2.19. The molecule has 2 atom stereocenters. The van der Waals surface area contributed by atoms with E-state index in [2.05, 4.69) is 6.07 Å². The van der Waals surface area contributed by atoms with E-state index in [1.54, 1.807) is 6.92 Å². The summed E-state index contributed by atoms with van der Waals surface area (Å²) in [6.07, 6.45) is 0.576. The highest BCUT2D eigenvalue weighted by Crippen LogP contribution is 2.59. The molecule has 3 heteroatoms. The summed E-state index contributed by atoms with van der Waals surface area (Å²) in [5, 5.41) is 9.13. The van der Waals surface area contributed by atoms with Gasteiger partial charge in [0.05, 0.1) is 12.7 Å². The summed E-state index contributed by atoms with van der Waals surface area (Å²) in [6, 6.07) is 11.8. The fourth-order valence-corrected chi connectivity index (χ4v) is 2.01. The lowest BCUT2D eigenvalue weighted by Gasteiger charge is -2.07. The van der Waals surface area contributed by atoms with Crippen molar-refractivity contribution in [2.24, 2.45) is 5.41 Å². The average molecular weight is 215 g/mol. The van der Waals surface area contributed by atoms with E-state index in [4.69, 9.17) is 10.00 Å². The maximum atomic E-state index is 11.7. The summed E-state index contributed by atoms with van der Waals surface area (Å²) in [7, 11) is 0. The number of carbonyl (C=O) groups excluding carboxylic acids is 1. The molecule has 0 heterocycles. The van der Waals surface area contributed by atoms with Crippen molar-refractivity contribution >= 4 is 5.97 Å². The minimum Gasteiger partial charge on any atom is -0.465 e. The quantitative estimate of drug-likeness (QED) is 0.726. The number of nitriles is 1. The van der Waals surface area contributed by atoms with Gasteiger partial charge in [-0.1, -0.05) is 30.3 Å². The van der Waals surface area contributed by atoms with Crippen molar-refractivity contribution in [1.29, 1.82) is 5.26 Å². The van der Waals surface area contributed by atoms with Crippen LogP contribution in [0.5, 0.6) is 0 Å². The second-order valence-electron chi connectivity index (χ2n) is 3.97. The molecule has 82 valence electrons. The van der Waals surface area contributed by atoms with Crippen LogP contribution >= 0.6 is 0 Å². The van der Waals surface area contributed by atoms with Gasteiger partial charge in [0.2, 0.25) is 0 Å². The van der Waals surface area contributed by atoms with Crippen LogP contribution in [0.1, 0.15) is 24.8 Å². The van der Waals surface area contributed by atoms with Crippen LogP contribution in [0.25, 0.3) is 0 Å². The third kappa shape index (κ3) is 1.57. The predicted octanol–water partition coefficient (Wildman–Crippen LogP) is 2.25. The molecule has 3 nitrogen and oxygen atoms in total. The van der Waals surface area contributed by atoms with Crippen molar-refractivity contribution in [3.63, 3.8) is 0 Å². The molecule has 0 saturated heterocycles. The lowest BCUT2D eigenvalue weighted by atomic mass is 10.0. The highest BCUT2D eigenvalue weighted by molar-refractivity contribution is 5.85. The van der Waals surface area contributed by atoms with Crippen LogP contribution in [-0.2, 0) is 9.53 Å². The maximum Gasteiger partial charge on any atom is 0.327 e. The van der Waals surface area contributed by atoms with Gasteiger partial charge in [-0.3, -0.25) is 4.79 Å². The van der Waals surface area contributed by atoms with E-state index >= 15 is 0 Å². The third-order valence-corrected chi connectivity index (χ3v) is 3.00. The fourth-order valence-electron chi connectivity index (χ4n) is 2.01. The van der Waals surface area contributed by atoms with Crippen LogP contribution in [0.3, 0.4) is 0 Å². The van der Waals surface area contributed by atoms with E-state index in [0.29, 0.717) is 13.0 Å². The molecule has 1 aliphatic rings. The lowest BCUT2D eigenvalue weighted by molar-refractivity contribution is -0.147. The zero-order valence-electron chi connectivity index (χ0n) is 9.14. The highest BCUT2D eigenvalue weighted by atomic mass is 16.5. The number of hydrogen-bond acceptors (Lipinski definition) is 3. The molecule has 0 aliphatic heterocycles. The first-order valence-electron chi connectivity index (χ1n) is 5.38. The van der Waals surface area contributed by atoms with Gasteiger partial charge >= 0.3 is 5.97 Å². The molecule has 0 amide bonds. The first-order chi connectivity index (χ1) is 7.74. The van der Waals surface area contributed by atoms with Crippen molar-refractivity contribution in [1.82, 2.24) is 0 Å². The van der Waals surface area contributed by atoms with Gasteiger partial charge in [-0.2, -0.15) is 5.26 Å². The van der Waals surface area contributed by atoms with Gasteiger partial charge < -0.3 is 4.74 Å². The molecule has 0 aromatic heterocycles. The average Bonchev–Trinajstić information content (AvgIpc) is 3.06. The Morgan fingerprint density at radius 3 is 2.81 bits per heavy atom. The monoisotopic (exact) mass is 215 g/mol. The molecule has 16 heavy (non-hydrogen) atoms. The van der Waals surface area contributed by atoms with Gasteiger partial charge in [-0.05, 0) is 18.9 Å². The van der Waals surface area contributed by atoms with Gasteiger partial charge in [0.15, 0.2) is 5.41 Å². The SMILES string of the molecule is CCOC(=O)[C@@]1(C#N)C[C@H]1c1ccccc1. The van der Waals surface area contributed by atoms with E-state index in [-0.39, 0.29) is 11.9 Å². The maximum absolute atomic E-state index is 11.7. The second kappa shape index (κ2) is 3.97. The molecular formula is C13H13NO2. The zero-order chi connectivity index (χ0) is 11.6. The Kier molecular flexibility index (Phi) is 2.66. The van der Waals surface area contributed by atoms with Crippen LogP contribution in [-0.4, -0.2) is 12.6 Å². The van der Waals surface area contributed by atoms with Crippen LogP contribution in [0.15, 0.2) is 30.3 Å². The van der Waals surface area contributed by atoms with E-state index in [0.717, 1.165) is 5.56 Å². The molecule has 2 rings (SSSR count). The lowest BCUT2D eigenvalue weighted by Crippen LogP contribution is -2.19. The Labute approximate surface area is 94.6 Å². The normalized spacial score (nSPS) is 26.9. The minimum atomic E-state index is -0.933. The molecule has 0 N–H and O–H groups in total. The highest BCUT2D eigenvalue weighted by Gasteiger charge is 2.62. The molecule has 0 unspecified atom stereocenters. The molecule has 0 radical (unpaired) electrons. The first-order valence-corrected chi connectivity index (χ1v) is 5.38. The van der Waals surface area contributed by atoms with Gasteiger partial charge in [-0.25, -0.2) is 0 Å². The van der Waals surface area contributed by atoms with Crippen LogP contribution in [0, 0.1) is 16.7 Å². The van der Waals surface area contributed by atoms with Gasteiger partial charge in [0.25, 0.3) is 0 Å². The third-order valence-electron chi connectivity index (χ3n) is 3.00. The molecule has 1 aliphatic carbocycles. The molecular weight excluding hydrogens is 202 g/mol. The zero-order valence-corrected chi connectivity index (χ0v) is 9.14. The number of rotatable bonds is 3. The Morgan fingerprint density at radius 2 is 2.25 bits per heavy atom. The van der Waals surface area contributed by atoms with Gasteiger partial charge in [0, 0.05) is 5.92 Å². The molecule has 1 fully saturated rings. The fraction of sp³-hybridized carbons (Fsp3) is 0.385. The van der Waals surface area contributed by atoms with E-state index in [1.165, 1.54) is 0 Å². The summed E-state index contributed by atoms with van der Waals surface area (Å²) < 4.78 is 4.95. The van der Waals surface area contributed by atoms with Crippen molar-refractivity contribution in [2.75, 3.05) is 6.61 Å². The van der Waals surface area contributed by atoms with Crippen LogP contribution < -0.4 is 0 Å². The second-order valence-corrected chi connectivity index (χ2v) is 3.97. The molecule has 0 spiro atoms. The number of carbonyl (C=O) groups is 1. The number of hydrogen-bond donors (Lipinski definition) is 0. The minimum absolute atomic E-state index is 0.00208. The standard InChI is InChI=1S/C13H13NO2/c1-2-16-12(15)13(9-14)8-11(13)10-6-4-3-5-7-10/h3-7,11H,2,8H2,1H3/t11-,13+/m0/s1. The first kappa shape index (κ1) is 10.7. The largest absolute Gasteiger partial charge is 0.465 e. The van der Waals surface area contributed by atoms with E-state index < -0.39 is 5.41 Å². The number of nitrogens with zero attached hydrogens (tertiary/aromatic N) is 1. The number of ether oxygens (including phenoxy) is 1. The summed E-state index contributed by atoms with van der Waals surface area (Å²) in [5.74, 6) is -0.385. The molecule has 1 aromatic rings. The Hall–Kier alpha value is -1.82. The van der Waals surface area contributed by atoms with Gasteiger partial charge in [0.1, 0.15) is 0 Å². The smallest absolute Gasteiger partial charge is 0.327 e. The van der Waals surface area contributed by atoms with Crippen LogP contribution in [0.2, 0.25) is 0 Å². The summed E-state index contributed by atoms with van der Waals surface area (Å²) in [4.78, 5) is 11.7.